The molecule has 0 fully saturated rings. The standard InChI is InChI=1S/C22H20F3N3O2/c23-22(24,25)30-20-10-7-17(8-11-20)18-9-12-21-26-28(16-27(21)15-18)13-4-14-29-19-5-2-1-3-6-19/h1-3,5-12,15H,4,13-14,16H2. The minimum Gasteiger partial charge on any atom is -0.494 e. The van der Waals surface area contributed by atoms with Gasteiger partial charge in [0.15, 0.2) is 5.84 Å². The number of fused-ring (bicyclic) bond motifs is 1. The number of para-hydroxylation sites is 1. The molecule has 8 heteroatoms. The maximum atomic E-state index is 12.3. The van der Waals surface area contributed by atoms with Crippen LogP contribution in [0.1, 0.15) is 12.0 Å². The Bertz CT molecular complexity index is 954. The van der Waals surface area contributed by atoms with Crippen LogP contribution in [0.2, 0.25) is 0 Å². The Morgan fingerprint density at radius 1 is 0.933 bits per heavy atom. The molecular weight excluding hydrogens is 395 g/mol. The number of benzene rings is 2. The van der Waals surface area contributed by atoms with E-state index < -0.39 is 6.36 Å². The molecule has 30 heavy (non-hydrogen) atoms. The zero-order valence-corrected chi connectivity index (χ0v) is 16.0. The van der Waals surface area contributed by atoms with E-state index in [9.17, 15) is 13.2 Å². The molecule has 0 aromatic heterocycles. The molecule has 0 radical (unpaired) electrons. The van der Waals surface area contributed by atoms with Crippen molar-refractivity contribution in [3.8, 4) is 11.5 Å². The first-order valence-electron chi connectivity index (χ1n) is 9.50. The number of halogens is 3. The summed E-state index contributed by atoms with van der Waals surface area (Å²) < 4.78 is 46.5. The Hall–Kier alpha value is -3.42. The van der Waals surface area contributed by atoms with Gasteiger partial charge in [0.05, 0.1) is 6.61 Å². The van der Waals surface area contributed by atoms with Gasteiger partial charge in [0, 0.05) is 19.2 Å². The minimum atomic E-state index is -4.69. The van der Waals surface area contributed by atoms with Gasteiger partial charge in [-0.1, -0.05) is 30.3 Å². The molecule has 2 aliphatic rings. The maximum absolute atomic E-state index is 12.3. The first-order chi connectivity index (χ1) is 14.5. The van der Waals surface area contributed by atoms with Crippen LogP contribution in [0.3, 0.4) is 0 Å². The van der Waals surface area contributed by atoms with Gasteiger partial charge in [0.25, 0.3) is 0 Å². The Kier molecular flexibility index (Phi) is 5.65. The number of hydrazone groups is 1. The number of ether oxygens (including phenoxy) is 2. The summed E-state index contributed by atoms with van der Waals surface area (Å²) in [5.41, 5.74) is 1.69. The van der Waals surface area contributed by atoms with Crippen LogP contribution in [0.25, 0.3) is 5.57 Å². The quantitative estimate of drug-likeness (QED) is 0.606. The second-order valence-electron chi connectivity index (χ2n) is 6.80. The van der Waals surface area contributed by atoms with Crippen molar-refractivity contribution in [1.29, 1.82) is 0 Å². The van der Waals surface area contributed by atoms with Crippen LogP contribution in [0.4, 0.5) is 13.2 Å². The summed E-state index contributed by atoms with van der Waals surface area (Å²) in [6, 6.07) is 15.5. The second-order valence-corrected chi connectivity index (χ2v) is 6.80. The Balaban J connectivity index is 1.29. The third-order valence-electron chi connectivity index (χ3n) is 4.55. The highest BCUT2D eigenvalue weighted by molar-refractivity contribution is 6.00. The fraction of sp³-hybridized carbons (Fsp3) is 0.227. The third kappa shape index (κ3) is 5.14. The highest BCUT2D eigenvalue weighted by atomic mass is 19.4. The van der Waals surface area contributed by atoms with E-state index in [4.69, 9.17) is 4.74 Å². The van der Waals surface area contributed by atoms with Crippen molar-refractivity contribution in [3.05, 3.63) is 78.5 Å². The number of alkyl halides is 3. The highest BCUT2D eigenvalue weighted by Crippen LogP contribution is 2.27. The van der Waals surface area contributed by atoms with Gasteiger partial charge in [-0.3, -0.25) is 5.01 Å². The summed E-state index contributed by atoms with van der Waals surface area (Å²) in [6.45, 7) is 1.98. The fourth-order valence-electron chi connectivity index (χ4n) is 3.19. The molecule has 0 spiro atoms. The number of allylic oxidation sites excluding steroid dienone is 2. The normalized spacial score (nSPS) is 15.6. The molecule has 0 atom stereocenters. The van der Waals surface area contributed by atoms with E-state index in [1.165, 1.54) is 12.1 Å². The van der Waals surface area contributed by atoms with E-state index in [1.807, 2.05) is 58.6 Å². The summed E-state index contributed by atoms with van der Waals surface area (Å²) in [5.74, 6) is 1.45. The molecule has 0 saturated carbocycles. The van der Waals surface area contributed by atoms with Gasteiger partial charge in [-0.05, 0) is 47.6 Å². The molecule has 2 aromatic carbocycles. The topological polar surface area (TPSA) is 37.3 Å². The largest absolute Gasteiger partial charge is 0.573 e. The van der Waals surface area contributed by atoms with Crippen molar-refractivity contribution in [1.82, 2.24) is 9.91 Å². The zero-order chi connectivity index (χ0) is 21.0. The molecule has 0 amide bonds. The van der Waals surface area contributed by atoms with Crippen molar-refractivity contribution in [2.75, 3.05) is 19.8 Å². The average Bonchev–Trinajstić information content (AvgIpc) is 3.13. The molecular formula is C22H20F3N3O2. The zero-order valence-electron chi connectivity index (χ0n) is 16.0. The van der Waals surface area contributed by atoms with E-state index in [0.29, 0.717) is 13.3 Å². The van der Waals surface area contributed by atoms with Gasteiger partial charge in [0.1, 0.15) is 18.2 Å². The van der Waals surface area contributed by atoms with Gasteiger partial charge >= 0.3 is 6.36 Å². The second kappa shape index (κ2) is 8.52. The third-order valence-corrected chi connectivity index (χ3v) is 4.55. The highest BCUT2D eigenvalue weighted by Gasteiger charge is 2.31. The van der Waals surface area contributed by atoms with E-state index in [2.05, 4.69) is 9.84 Å². The number of hydrogen-bond acceptors (Lipinski definition) is 5. The van der Waals surface area contributed by atoms with Crippen molar-refractivity contribution in [3.63, 3.8) is 0 Å². The fourth-order valence-corrected chi connectivity index (χ4v) is 3.19. The molecule has 4 rings (SSSR count). The van der Waals surface area contributed by atoms with E-state index >= 15 is 0 Å². The lowest BCUT2D eigenvalue weighted by molar-refractivity contribution is -0.274. The first-order valence-corrected chi connectivity index (χ1v) is 9.50. The summed E-state index contributed by atoms with van der Waals surface area (Å²) in [7, 11) is 0. The molecule has 0 aliphatic carbocycles. The van der Waals surface area contributed by atoms with Gasteiger partial charge in [-0.2, -0.15) is 5.10 Å². The van der Waals surface area contributed by atoms with Crippen molar-refractivity contribution >= 4 is 11.4 Å². The van der Waals surface area contributed by atoms with Crippen LogP contribution in [-0.2, 0) is 0 Å². The molecule has 2 heterocycles. The minimum absolute atomic E-state index is 0.237. The van der Waals surface area contributed by atoms with Crippen molar-refractivity contribution in [2.24, 2.45) is 5.10 Å². The van der Waals surface area contributed by atoms with Crippen LogP contribution < -0.4 is 9.47 Å². The van der Waals surface area contributed by atoms with Crippen LogP contribution in [-0.4, -0.2) is 41.9 Å². The SMILES string of the molecule is FC(F)(F)Oc1ccc(C2=CN3CN(CCCOc4ccccc4)N=C3C=C2)cc1. The lowest BCUT2D eigenvalue weighted by Gasteiger charge is -2.20. The maximum Gasteiger partial charge on any atom is 0.573 e. The molecule has 156 valence electrons. The number of nitrogens with zero attached hydrogens (tertiary/aromatic N) is 3. The average molecular weight is 415 g/mol. The summed E-state index contributed by atoms with van der Waals surface area (Å²) in [5, 5.41) is 6.55. The Morgan fingerprint density at radius 2 is 1.70 bits per heavy atom. The van der Waals surface area contributed by atoms with Gasteiger partial charge in [-0.25, -0.2) is 0 Å². The molecule has 5 nitrogen and oxygen atoms in total. The van der Waals surface area contributed by atoms with E-state index in [1.54, 1.807) is 12.1 Å². The number of rotatable bonds is 7. The smallest absolute Gasteiger partial charge is 0.494 e. The lowest BCUT2D eigenvalue weighted by atomic mass is 10.0. The van der Waals surface area contributed by atoms with Crippen molar-refractivity contribution < 1.29 is 22.6 Å². The Morgan fingerprint density at radius 3 is 2.43 bits per heavy atom. The summed E-state index contributed by atoms with van der Waals surface area (Å²) in [6.07, 6.45) is 1.88. The lowest BCUT2D eigenvalue weighted by Crippen LogP contribution is -2.28. The van der Waals surface area contributed by atoms with Crippen LogP contribution in [0.5, 0.6) is 11.5 Å². The van der Waals surface area contributed by atoms with E-state index in [0.717, 1.165) is 35.7 Å². The van der Waals surface area contributed by atoms with E-state index in [-0.39, 0.29) is 5.75 Å². The van der Waals surface area contributed by atoms with Gasteiger partial charge < -0.3 is 14.4 Å². The first kappa shape index (κ1) is 19.9. The van der Waals surface area contributed by atoms with Crippen LogP contribution in [0.15, 0.2) is 78.1 Å². The van der Waals surface area contributed by atoms with Gasteiger partial charge in [-0.15, -0.1) is 13.2 Å². The Labute approximate surface area is 172 Å². The number of amidine groups is 1. The summed E-state index contributed by atoms with van der Waals surface area (Å²) >= 11 is 0. The summed E-state index contributed by atoms with van der Waals surface area (Å²) in [4.78, 5) is 2.01. The molecule has 2 aliphatic heterocycles. The molecule has 0 bridgehead atoms. The molecule has 0 saturated heterocycles. The van der Waals surface area contributed by atoms with Gasteiger partial charge in [0.2, 0.25) is 0 Å². The van der Waals surface area contributed by atoms with Crippen LogP contribution in [0, 0.1) is 0 Å². The number of hydrogen-bond donors (Lipinski definition) is 0. The molecule has 2 aromatic rings. The van der Waals surface area contributed by atoms with Crippen molar-refractivity contribution in [2.45, 2.75) is 12.8 Å². The van der Waals surface area contributed by atoms with Crippen LogP contribution >= 0.6 is 0 Å². The monoisotopic (exact) mass is 415 g/mol. The predicted molar refractivity (Wildman–Crippen MR) is 108 cm³/mol. The molecule has 0 N–H and O–H groups in total. The predicted octanol–water partition coefficient (Wildman–Crippen LogP) is 4.85. The molecule has 0 unspecified atom stereocenters.